The van der Waals surface area contributed by atoms with Crippen molar-refractivity contribution in [2.75, 3.05) is 26.7 Å². The third-order valence-corrected chi connectivity index (χ3v) is 4.98. The van der Waals surface area contributed by atoms with E-state index < -0.39 is 0 Å². The molecule has 7 nitrogen and oxygen atoms in total. The number of benzene rings is 1. The Morgan fingerprint density at radius 1 is 1.41 bits per heavy atom. The maximum absolute atomic E-state index is 11.2. The zero-order valence-electron chi connectivity index (χ0n) is 16.0. The molecule has 0 spiro atoms. The molecule has 2 aromatic rings. The summed E-state index contributed by atoms with van der Waals surface area (Å²) in [6, 6.07) is 8.19. The van der Waals surface area contributed by atoms with Gasteiger partial charge in [0.05, 0.1) is 11.0 Å². The summed E-state index contributed by atoms with van der Waals surface area (Å²) >= 11 is 0. The minimum Gasteiger partial charge on any atom is -0.370 e. The van der Waals surface area contributed by atoms with Crippen molar-refractivity contribution in [3.05, 3.63) is 30.1 Å². The van der Waals surface area contributed by atoms with Crippen LogP contribution in [0.15, 0.2) is 29.3 Å². The van der Waals surface area contributed by atoms with E-state index in [1.165, 1.54) is 0 Å². The highest BCUT2D eigenvalue weighted by Gasteiger charge is 2.23. The lowest BCUT2D eigenvalue weighted by Crippen LogP contribution is -2.47. The number of carbonyl (C=O) groups is 1. The standard InChI is InChI=1S/C19H28N6O.HI/c1-14-23-16-7-3-4-8-17(16)25(14)11-9-22-19(21-2)24-10-5-6-15(13-24)12-18(20)26;/h3-4,7-8,15H,5-6,9-13H2,1-2H3,(H2,20,26)(H,21,22);1H. The number of hydrogen-bond donors (Lipinski definition) is 2. The van der Waals surface area contributed by atoms with Gasteiger partial charge in [0.1, 0.15) is 5.82 Å². The summed E-state index contributed by atoms with van der Waals surface area (Å²) in [5.74, 6) is 2.01. The summed E-state index contributed by atoms with van der Waals surface area (Å²) in [6.07, 6.45) is 2.56. The number of rotatable bonds is 5. The molecule has 148 valence electrons. The van der Waals surface area contributed by atoms with E-state index in [-0.39, 0.29) is 29.9 Å². The van der Waals surface area contributed by atoms with Crippen LogP contribution in [0.3, 0.4) is 0 Å². The number of hydrogen-bond acceptors (Lipinski definition) is 3. The molecule has 2 heterocycles. The van der Waals surface area contributed by atoms with Gasteiger partial charge in [0, 0.05) is 39.6 Å². The molecule has 3 N–H and O–H groups in total. The van der Waals surface area contributed by atoms with Crippen LogP contribution in [0.1, 0.15) is 25.1 Å². The number of carbonyl (C=O) groups excluding carboxylic acids is 1. The van der Waals surface area contributed by atoms with E-state index in [0.717, 1.165) is 61.8 Å². The zero-order valence-corrected chi connectivity index (χ0v) is 18.3. The van der Waals surface area contributed by atoms with E-state index in [0.29, 0.717) is 12.3 Å². The first-order valence-electron chi connectivity index (χ1n) is 9.24. The van der Waals surface area contributed by atoms with E-state index in [1.807, 2.05) is 25.1 Å². The molecule has 0 bridgehead atoms. The Hall–Kier alpha value is -1.84. The van der Waals surface area contributed by atoms with Gasteiger partial charge in [0.2, 0.25) is 5.91 Å². The molecule has 1 aromatic carbocycles. The number of aryl methyl sites for hydroxylation is 1. The molecule has 0 radical (unpaired) electrons. The SMILES string of the molecule is CN=C(NCCn1c(C)nc2ccccc21)N1CCCC(CC(N)=O)C1.I. The van der Waals surface area contributed by atoms with Gasteiger partial charge in [-0.05, 0) is 37.8 Å². The highest BCUT2D eigenvalue weighted by molar-refractivity contribution is 14.0. The number of piperidine rings is 1. The third kappa shape index (κ3) is 5.33. The minimum absolute atomic E-state index is 0. The van der Waals surface area contributed by atoms with Crippen molar-refractivity contribution in [2.24, 2.45) is 16.6 Å². The number of halogens is 1. The van der Waals surface area contributed by atoms with E-state index in [2.05, 4.69) is 30.8 Å². The average Bonchev–Trinajstić information content (AvgIpc) is 2.94. The molecule has 1 amide bonds. The molecule has 8 heteroatoms. The summed E-state index contributed by atoms with van der Waals surface area (Å²) in [6.45, 7) is 5.42. The van der Waals surface area contributed by atoms with Gasteiger partial charge in [-0.3, -0.25) is 9.79 Å². The summed E-state index contributed by atoms with van der Waals surface area (Å²) in [5, 5.41) is 3.45. The number of imidazole rings is 1. The molecule has 1 saturated heterocycles. The monoisotopic (exact) mass is 484 g/mol. The molecular weight excluding hydrogens is 455 g/mol. The summed E-state index contributed by atoms with van der Waals surface area (Å²) in [7, 11) is 1.80. The maximum atomic E-state index is 11.2. The van der Waals surface area contributed by atoms with Crippen molar-refractivity contribution in [2.45, 2.75) is 32.7 Å². The number of likely N-dealkylation sites (tertiary alicyclic amines) is 1. The van der Waals surface area contributed by atoms with E-state index in [9.17, 15) is 4.79 Å². The van der Waals surface area contributed by atoms with Gasteiger partial charge in [-0.15, -0.1) is 24.0 Å². The number of aliphatic imine (C=N–C) groups is 1. The Bertz CT molecular complexity index is 803. The van der Waals surface area contributed by atoms with Crippen LogP contribution in [0.5, 0.6) is 0 Å². The Morgan fingerprint density at radius 3 is 2.93 bits per heavy atom. The smallest absolute Gasteiger partial charge is 0.217 e. The second-order valence-electron chi connectivity index (χ2n) is 6.90. The molecule has 1 fully saturated rings. The number of primary amides is 1. The van der Waals surface area contributed by atoms with Gasteiger partial charge in [0.25, 0.3) is 0 Å². The Kier molecular flexibility index (Phi) is 7.88. The summed E-state index contributed by atoms with van der Waals surface area (Å²) in [4.78, 5) is 22.5. The predicted octanol–water partition coefficient (Wildman–Crippen LogP) is 2.13. The fourth-order valence-electron chi connectivity index (χ4n) is 3.80. The zero-order chi connectivity index (χ0) is 18.5. The van der Waals surface area contributed by atoms with Crippen molar-refractivity contribution in [3.63, 3.8) is 0 Å². The van der Waals surface area contributed by atoms with Crippen LogP contribution in [0, 0.1) is 12.8 Å². The molecule has 1 aromatic heterocycles. The van der Waals surface area contributed by atoms with Crippen molar-refractivity contribution in [1.29, 1.82) is 0 Å². The fraction of sp³-hybridized carbons (Fsp3) is 0.526. The Labute approximate surface area is 177 Å². The third-order valence-electron chi connectivity index (χ3n) is 4.98. The second kappa shape index (κ2) is 9.91. The minimum atomic E-state index is -0.220. The molecule has 27 heavy (non-hydrogen) atoms. The van der Waals surface area contributed by atoms with Gasteiger partial charge < -0.3 is 20.5 Å². The van der Waals surface area contributed by atoms with E-state index in [4.69, 9.17) is 5.73 Å². The number of fused-ring (bicyclic) bond motifs is 1. The molecule has 0 saturated carbocycles. The first-order chi connectivity index (χ1) is 12.6. The highest BCUT2D eigenvalue weighted by Crippen LogP contribution is 2.19. The fourth-order valence-corrected chi connectivity index (χ4v) is 3.80. The molecular formula is C19H29IN6O. The first-order valence-corrected chi connectivity index (χ1v) is 9.24. The number of aromatic nitrogens is 2. The summed E-state index contributed by atoms with van der Waals surface area (Å²) < 4.78 is 2.22. The highest BCUT2D eigenvalue weighted by atomic mass is 127. The molecule has 1 aliphatic heterocycles. The van der Waals surface area contributed by atoms with Crippen LogP contribution in [0.25, 0.3) is 11.0 Å². The Balaban J connectivity index is 0.00000261. The van der Waals surface area contributed by atoms with Crippen molar-refractivity contribution < 1.29 is 4.79 Å². The molecule has 1 aliphatic rings. The van der Waals surface area contributed by atoms with Crippen LogP contribution in [-0.2, 0) is 11.3 Å². The van der Waals surface area contributed by atoms with Crippen LogP contribution >= 0.6 is 24.0 Å². The number of nitrogens with two attached hydrogens (primary N) is 1. The normalized spacial score (nSPS) is 17.6. The van der Waals surface area contributed by atoms with Crippen molar-refractivity contribution in [3.8, 4) is 0 Å². The number of nitrogens with one attached hydrogen (secondary N) is 1. The largest absolute Gasteiger partial charge is 0.370 e. The lowest BCUT2D eigenvalue weighted by atomic mass is 9.95. The lowest BCUT2D eigenvalue weighted by molar-refractivity contribution is -0.119. The lowest BCUT2D eigenvalue weighted by Gasteiger charge is -2.34. The quantitative estimate of drug-likeness (QED) is 0.387. The number of amides is 1. The van der Waals surface area contributed by atoms with Gasteiger partial charge in [-0.2, -0.15) is 0 Å². The van der Waals surface area contributed by atoms with Gasteiger partial charge in [-0.25, -0.2) is 4.98 Å². The van der Waals surface area contributed by atoms with Gasteiger partial charge in [-0.1, -0.05) is 12.1 Å². The summed E-state index contributed by atoms with van der Waals surface area (Å²) in [5.41, 5.74) is 7.54. The van der Waals surface area contributed by atoms with Crippen LogP contribution < -0.4 is 11.1 Å². The van der Waals surface area contributed by atoms with Gasteiger partial charge in [0.15, 0.2) is 5.96 Å². The molecule has 1 unspecified atom stereocenters. The van der Waals surface area contributed by atoms with Crippen LogP contribution in [-0.4, -0.2) is 53.0 Å². The van der Waals surface area contributed by atoms with Crippen molar-refractivity contribution in [1.82, 2.24) is 19.8 Å². The topological polar surface area (TPSA) is 88.5 Å². The van der Waals surface area contributed by atoms with Gasteiger partial charge >= 0.3 is 0 Å². The number of guanidine groups is 1. The molecule has 0 aliphatic carbocycles. The van der Waals surface area contributed by atoms with E-state index >= 15 is 0 Å². The maximum Gasteiger partial charge on any atom is 0.217 e. The molecule has 1 atom stereocenters. The van der Waals surface area contributed by atoms with E-state index in [1.54, 1.807) is 7.05 Å². The average molecular weight is 484 g/mol. The predicted molar refractivity (Wildman–Crippen MR) is 119 cm³/mol. The van der Waals surface area contributed by atoms with Crippen molar-refractivity contribution >= 4 is 46.9 Å². The van der Waals surface area contributed by atoms with Crippen LogP contribution in [0.4, 0.5) is 0 Å². The Morgan fingerprint density at radius 2 is 2.19 bits per heavy atom. The second-order valence-corrected chi connectivity index (χ2v) is 6.90. The van der Waals surface area contributed by atoms with Crippen LogP contribution in [0.2, 0.25) is 0 Å². The molecule has 3 rings (SSSR count). The number of nitrogens with zero attached hydrogens (tertiary/aromatic N) is 4. The first kappa shape index (κ1) is 21.5. The number of para-hydroxylation sites is 2.